The normalized spacial score (nSPS) is 16.3. The van der Waals surface area contributed by atoms with Crippen LogP contribution < -0.4 is 15.8 Å². The molecule has 1 aliphatic rings. The number of fused-ring (bicyclic) bond motifs is 1. The smallest absolute Gasteiger partial charge is 0.309 e. The third kappa shape index (κ3) is 6.26. The molecular formula is C28H33F3N4O4. The number of aliphatic hydroxyl groups is 1. The van der Waals surface area contributed by atoms with Gasteiger partial charge in [-0.15, -0.1) is 0 Å². The Labute approximate surface area is 224 Å². The molecule has 1 aromatic heterocycles. The molecule has 2 aromatic carbocycles. The Morgan fingerprint density at radius 1 is 1.21 bits per heavy atom. The van der Waals surface area contributed by atoms with Gasteiger partial charge >= 0.3 is 5.97 Å². The van der Waals surface area contributed by atoms with E-state index in [1.165, 1.54) is 0 Å². The molecule has 5 N–H and O–H groups in total. The average Bonchev–Trinajstić information content (AvgIpc) is 2.92. The number of hydrogen-bond acceptors (Lipinski definition) is 7. The van der Waals surface area contributed by atoms with Gasteiger partial charge in [0.1, 0.15) is 17.3 Å². The lowest BCUT2D eigenvalue weighted by molar-refractivity contribution is -0.153. The van der Waals surface area contributed by atoms with Crippen molar-refractivity contribution in [1.82, 2.24) is 9.88 Å². The molecule has 0 saturated carbocycles. The number of nitrogens with two attached hydrogens (primary N) is 1. The summed E-state index contributed by atoms with van der Waals surface area (Å²) in [5.41, 5.74) is 6.53. The van der Waals surface area contributed by atoms with Crippen LogP contribution in [0.1, 0.15) is 42.9 Å². The first kappa shape index (κ1) is 28.6. The van der Waals surface area contributed by atoms with Gasteiger partial charge < -0.3 is 30.9 Å². The number of carbonyl (C=O) groups is 1. The third-order valence-electron chi connectivity index (χ3n) is 7.65. The third-order valence-corrected chi connectivity index (χ3v) is 7.65. The van der Waals surface area contributed by atoms with Gasteiger partial charge in [0.25, 0.3) is 0 Å². The predicted octanol–water partition coefficient (Wildman–Crippen LogP) is 4.21. The van der Waals surface area contributed by atoms with Crippen molar-refractivity contribution in [3.05, 3.63) is 65.1 Å². The Kier molecular flexibility index (Phi) is 8.94. The van der Waals surface area contributed by atoms with E-state index in [1.54, 1.807) is 31.5 Å². The molecule has 4 rings (SSSR count). The molecule has 0 bridgehead atoms. The Morgan fingerprint density at radius 3 is 2.51 bits per heavy atom. The summed E-state index contributed by atoms with van der Waals surface area (Å²) in [4.78, 5) is 18.8. The number of aliphatic hydroxyl groups excluding tert-OH is 1. The van der Waals surface area contributed by atoms with Crippen molar-refractivity contribution < 1.29 is 32.9 Å². The van der Waals surface area contributed by atoms with E-state index in [2.05, 4.69) is 10.3 Å². The number of anilines is 1. The van der Waals surface area contributed by atoms with Gasteiger partial charge in [0.15, 0.2) is 11.6 Å². The van der Waals surface area contributed by atoms with E-state index >= 15 is 0 Å². The van der Waals surface area contributed by atoms with Crippen molar-refractivity contribution in [3.63, 3.8) is 0 Å². The van der Waals surface area contributed by atoms with E-state index in [1.807, 2.05) is 4.90 Å². The SMILES string of the molecule is COc1ccc2ncc(CN)c(C(O)CCC3(C(=O)O)CCN(CCNc4c(F)cc(F)cc4F)CC3)c2c1. The van der Waals surface area contributed by atoms with Crippen molar-refractivity contribution >= 4 is 22.6 Å². The number of likely N-dealkylation sites (tertiary alicyclic amines) is 1. The summed E-state index contributed by atoms with van der Waals surface area (Å²) >= 11 is 0. The molecule has 39 heavy (non-hydrogen) atoms. The lowest BCUT2D eigenvalue weighted by atomic mass is 9.74. The van der Waals surface area contributed by atoms with Crippen LogP contribution in [-0.4, -0.2) is 59.4 Å². The van der Waals surface area contributed by atoms with Crippen LogP contribution in [0.3, 0.4) is 0 Å². The van der Waals surface area contributed by atoms with Gasteiger partial charge in [0.05, 0.1) is 24.1 Å². The molecular weight excluding hydrogens is 513 g/mol. The highest BCUT2D eigenvalue weighted by molar-refractivity contribution is 5.85. The predicted molar refractivity (Wildman–Crippen MR) is 141 cm³/mol. The standard InChI is InChI=1S/C28H33F3N4O4/c1-39-19-2-3-23-20(14-19)25(17(15-32)16-34-23)24(36)4-5-28(27(37)38)6-9-35(10-7-28)11-8-33-26-21(30)12-18(29)13-22(26)31/h2-3,12-14,16,24,33,36H,4-11,15,32H2,1H3,(H,37,38). The zero-order valence-corrected chi connectivity index (χ0v) is 21.7. The number of rotatable bonds is 11. The van der Waals surface area contributed by atoms with Crippen molar-refractivity contribution in [2.24, 2.45) is 11.1 Å². The fourth-order valence-electron chi connectivity index (χ4n) is 5.30. The Morgan fingerprint density at radius 2 is 1.90 bits per heavy atom. The van der Waals surface area contributed by atoms with E-state index in [0.29, 0.717) is 72.4 Å². The molecule has 2 heterocycles. The van der Waals surface area contributed by atoms with Crippen LogP contribution in [0.2, 0.25) is 0 Å². The summed E-state index contributed by atoms with van der Waals surface area (Å²) in [7, 11) is 1.55. The number of ether oxygens (including phenoxy) is 1. The number of hydrogen-bond donors (Lipinski definition) is 4. The molecule has 8 nitrogen and oxygen atoms in total. The van der Waals surface area contributed by atoms with E-state index in [-0.39, 0.29) is 31.6 Å². The lowest BCUT2D eigenvalue weighted by Crippen LogP contribution is -2.45. The highest BCUT2D eigenvalue weighted by Gasteiger charge is 2.41. The minimum absolute atomic E-state index is 0.172. The number of nitrogens with one attached hydrogen (secondary N) is 1. The quantitative estimate of drug-likeness (QED) is 0.282. The number of carboxylic acid groups (broad SMARTS) is 1. The number of pyridine rings is 1. The van der Waals surface area contributed by atoms with Crippen LogP contribution in [0.25, 0.3) is 10.9 Å². The molecule has 0 amide bonds. The number of benzene rings is 2. The van der Waals surface area contributed by atoms with Gasteiger partial charge in [0.2, 0.25) is 0 Å². The first-order chi connectivity index (χ1) is 18.7. The highest BCUT2D eigenvalue weighted by Crippen LogP contribution is 2.40. The number of piperidine rings is 1. The van der Waals surface area contributed by atoms with Crippen molar-refractivity contribution in [3.8, 4) is 5.75 Å². The largest absolute Gasteiger partial charge is 0.497 e. The molecule has 210 valence electrons. The molecule has 11 heteroatoms. The van der Waals surface area contributed by atoms with Crippen LogP contribution in [-0.2, 0) is 11.3 Å². The van der Waals surface area contributed by atoms with E-state index in [4.69, 9.17) is 10.5 Å². The molecule has 0 aliphatic carbocycles. The second-order valence-electron chi connectivity index (χ2n) is 9.94. The monoisotopic (exact) mass is 546 g/mol. The van der Waals surface area contributed by atoms with Crippen LogP contribution in [0, 0.1) is 22.9 Å². The maximum Gasteiger partial charge on any atom is 0.309 e. The molecule has 1 aliphatic heterocycles. The van der Waals surface area contributed by atoms with Gasteiger partial charge in [-0.25, -0.2) is 13.2 Å². The summed E-state index contributed by atoms with van der Waals surface area (Å²) in [6.07, 6.45) is 1.91. The van der Waals surface area contributed by atoms with E-state index in [9.17, 15) is 28.2 Å². The van der Waals surface area contributed by atoms with Gasteiger partial charge in [-0.3, -0.25) is 9.78 Å². The summed E-state index contributed by atoms with van der Waals surface area (Å²) in [5, 5.41) is 24.7. The van der Waals surface area contributed by atoms with Gasteiger partial charge in [0, 0.05) is 43.4 Å². The Hall–Kier alpha value is -3.41. The molecule has 1 atom stereocenters. The second kappa shape index (κ2) is 12.2. The van der Waals surface area contributed by atoms with Gasteiger partial charge in [-0.05, 0) is 68.1 Å². The maximum absolute atomic E-state index is 13.9. The summed E-state index contributed by atoms with van der Waals surface area (Å²) in [6.45, 7) is 1.76. The minimum Gasteiger partial charge on any atom is -0.497 e. The second-order valence-corrected chi connectivity index (χ2v) is 9.94. The topological polar surface area (TPSA) is 121 Å². The maximum atomic E-state index is 13.9. The minimum atomic E-state index is -1.01. The average molecular weight is 547 g/mol. The molecule has 1 unspecified atom stereocenters. The highest BCUT2D eigenvalue weighted by atomic mass is 19.1. The Bertz CT molecular complexity index is 1300. The number of carboxylic acids is 1. The summed E-state index contributed by atoms with van der Waals surface area (Å²) in [5.74, 6) is -3.30. The summed E-state index contributed by atoms with van der Waals surface area (Å²) in [6, 6.07) is 6.60. The number of halogens is 3. The fraction of sp³-hybridized carbons (Fsp3) is 0.429. The van der Waals surface area contributed by atoms with Crippen LogP contribution >= 0.6 is 0 Å². The number of methoxy groups -OCH3 is 1. The van der Waals surface area contributed by atoms with Gasteiger partial charge in [-0.2, -0.15) is 0 Å². The van der Waals surface area contributed by atoms with Crippen LogP contribution in [0.4, 0.5) is 18.9 Å². The summed E-state index contributed by atoms with van der Waals surface area (Å²) < 4.78 is 46.2. The molecule has 3 aromatic rings. The van der Waals surface area contributed by atoms with Gasteiger partial charge in [-0.1, -0.05) is 0 Å². The van der Waals surface area contributed by atoms with E-state index in [0.717, 1.165) is 0 Å². The molecule has 0 spiro atoms. The molecule has 1 fully saturated rings. The number of nitrogens with zero attached hydrogens (tertiary/aromatic N) is 2. The zero-order valence-electron chi connectivity index (χ0n) is 21.7. The first-order valence-corrected chi connectivity index (χ1v) is 12.9. The molecule has 1 saturated heterocycles. The number of aromatic nitrogens is 1. The first-order valence-electron chi connectivity index (χ1n) is 12.9. The van der Waals surface area contributed by atoms with Crippen LogP contribution in [0.5, 0.6) is 5.75 Å². The van der Waals surface area contributed by atoms with Crippen molar-refractivity contribution in [1.29, 1.82) is 0 Å². The van der Waals surface area contributed by atoms with Crippen molar-refractivity contribution in [2.75, 3.05) is 38.6 Å². The van der Waals surface area contributed by atoms with Crippen LogP contribution in [0.15, 0.2) is 36.5 Å². The zero-order chi connectivity index (χ0) is 28.2. The fourth-order valence-corrected chi connectivity index (χ4v) is 5.30. The van der Waals surface area contributed by atoms with E-state index < -0.39 is 34.9 Å². The Balaban J connectivity index is 1.39. The molecule has 0 radical (unpaired) electrons. The van der Waals surface area contributed by atoms with Crippen molar-refractivity contribution in [2.45, 2.75) is 38.3 Å². The lowest BCUT2D eigenvalue weighted by Gasteiger charge is -2.39. The number of aliphatic carboxylic acids is 1.